The third-order valence-electron chi connectivity index (χ3n) is 28.3. The number of benzene rings is 10. The molecule has 650 valence electrons. The van der Waals surface area contributed by atoms with Crippen molar-refractivity contribution in [1.29, 1.82) is 0 Å². The van der Waals surface area contributed by atoms with Crippen molar-refractivity contribution in [2.24, 2.45) is 23.7 Å². The first kappa shape index (κ1) is 92.6. The molecule has 4 atom stereocenters. The highest BCUT2D eigenvalue weighted by Gasteiger charge is 2.45. The molecule has 0 amide bonds. The lowest BCUT2D eigenvalue weighted by Gasteiger charge is -2.34. The summed E-state index contributed by atoms with van der Waals surface area (Å²) in [4.78, 5) is 0. The number of rotatable bonds is 55. The highest BCUT2D eigenvalue weighted by molar-refractivity contribution is 5.91. The van der Waals surface area contributed by atoms with Crippen molar-refractivity contribution in [3.8, 4) is 123 Å². The summed E-state index contributed by atoms with van der Waals surface area (Å²) >= 11 is 0. The Labute approximate surface area is 741 Å². The summed E-state index contributed by atoms with van der Waals surface area (Å²) in [6.45, 7) is 30.9. The second kappa shape index (κ2) is 47.5. The smallest absolute Gasteiger partial charge is 0.119 e. The molecule has 4 unspecified atom stereocenters. The molecule has 0 saturated carbocycles. The molecule has 0 N–H and O–H groups in total. The predicted octanol–water partition coefficient (Wildman–Crippen LogP) is 36.2. The first-order valence-corrected chi connectivity index (χ1v) is 49.7. The number of fused-ring (bicyclic) bond motifs is 6. The summed E-state index contributed by atoms with van der Waals surface area (Å²) in [5.74, 6) is 6.07. The fourth-order valence-electron chi connectivity index (χ4n) is 20.1. The highest BCUT2D eigenvalue weighted by Crippen LogP contribution is 2.59. The molecule has 0 saturated heterocycles. The Balaban J connectivity index is 0.947. The summed E-state index contributed by atoms with van der Waals surface area (Å²) in [6.07, 6.45) is 43.6. The van der Waals surface area contributed by atoms with Gasteiger partial charge in [-0.25, -0.2) is 0 Å². The maximum atomic E-state index is 6.54. The Morgan fingerprint density at radius 3 is 0.574 bits per heavy atom. The van der Waals surface area contributed by atoms with Crippen molar-refractivity contribution in [2.75, 3.05) is 26.4 Å². The first-order chi connectivity index (χ1) is 59.9. The third kappa shape index (κ3) is 23.7. The average molecular weight is 1640 g/mol. The van der Waals surface area contributed by atoms with Crippen LogP contribution >= 0.6 is 0 Å². The standard InChI is InChI=1S/C118H154O4/c1-13-25-33-37-69-117(70-38-34-26-14-2)113-79-95(53-65-109(113)111-67-55-97(81-115(111)117)103-75-99(91-45-57-105(58-46-91)119-83-87(21-9)41-29-17-5)73-100(76-103)92-47-59-106(60-48-92)120-84-88(22-10)42-30-18-6)96-54-66-110-112-68-56-98(82-116(112)118(114(110)80-96,71-39-35-27-15-3)72-40-36-28-16-4)104-77-101(93-49-61-107(62-50-93)121-85-89(23-11)43-31-19-7)74-102(78-104)94-51-63-108(64-52-94)122-86-90(24-12)44-32-20-8/h45-68,73-82,87-90H,13-44,69-72,83-86H2,1-12H3. The maximum Gasteiger partial charge on any atom is 0.119 e. The van der Waals surface area contributed by atoms with Gasteiger partial charge in [0.05, 0.1) is 26.4 Å². The molecule has 0 bridgehead atoms. The molecule has 10 aromatic carbocycles. The van der Waals surface area contributed by atoms with E-state index in [9.17, 15) is 0 Å². The number of ether oxygens (including phenoxy) is 4. The predicted molar refractivity (Wildman–Crippen MR) is 527 cm³/mol. The summed E-state index contributed by atoms with van der Waals surface area (Å²) in [7, 11) is 0. The van der Waals surface area contributed by atoms with E-state index in [1.807, 2.05) is 0 Å². The zero-order valence-corrected chi connectivity index (χ0v) is 77.9. The van der Waals surface area contributed by atoms with Gasteiger partial charge >= 0.3 is 0 Å². The zero-order valence-electron chi connectivity index (χ0n) is 77.9. The Morgan fingerprint density at radius 2 is 0.377 bits per heavy atom. The summed E-state index contributed by atoms with van der Waals surface area (Å²) < 4.78 is 26.2. The van der Waals surface area contributed by atoms with Crippen LogP contribution in [0.15, 0.2) is 206 Å². The second-order valence-electron chi connectivity index (χ2n) is 37.1. The summed E-state index contributed by atoms with van der Waals surface area (Å²) in [6, 6.07) is 81.5. The van der Waals surface area contributed by atoms with Gasteiger partial charge in [0, 0.05) is 10.8 Å². The number of hydrogen-bond donors (Lipinski definition) is 0. The van der Waals surface area contributed by atoms with Crippen LogP contribution in [0.5, 0.6) is 23.0 Å². The molecule has 4 nitrogen and oxygen atoms in total. The van der Waals surface area contributed by atoms with Crippen molar-refractivity contribution in [3.05, 3.63) is 229 Å². The van der Waals surface area contributed by atoms with Gasteiger partial charge in [-0.2, -0.15) is 0 Å². The minimum Gasteiger partial charge on any atom is -0.493 e. The van der Waals surface area contributed by atoms with E-state index in [1.165, 1.54) is 291 Å². The van der Waals surface area contributed by atoms with Crippen LogP contribution < -0.4 is 18.9 Å². The summed E-state index contributed by atoms with van der Waals surface area (Å²) in [5.41, 5.74) is 28.9. The van der Waals surface area contributed by atoms with E-state index >= 15 is 0 Å². The van der Waals surface area contributed by atoms with E-state index < -0.39 is 0 Å². The van der Waals surface area contributed by atoms with Crippen molar-refractivity contribution in [3.63, 3.8) is 0 Å². The van der Waals surface area contributed by atoms with Gasteiger partial charge in [0.2, 0.25) is 0 Å². The maximum absolute atomic E-state index is 6.54. The van der Waals surface area contributed by atoms with Crippen LogP contribution in [0.1, 0.15) is 336 Å². The third-order valence-corrected chi connectivity index (χ3v) is 28.3. The molecule has 0 spiro atoms. The first-order valence-electron chi connectivity index (χ1n) is 49.7. The molecule has 0 radical (unpaired) electrons. The second-order valence-corrected chi connectivity index (χ2v) is 37.1. The van der Waals surface area contributed by atoms with Crippen molar-refractivity contribution >= 4 is 0 Å². The van der Waals surface area contributed by atoms with Crippen LogP contribution in [0.3, 0.4) is 0 Å². The number of unbranched alkanes of at least 4 members (excludes halogenated alkanes) is 16. The molecule has 0 aliphatic heterocycles. The summed E-state index contributed by atoms with van der Waals surface area (Å²) in [5, 5.41) is 0. The Kier molecular flexibility index (Phi) is 36.0. The fourth-order valence-corrected chi connectivity index (χ4v) is 20.1. The monoisotopic (exact) mass is 1640 g/mol. The minimum absolute atomic E-state index is 0.151. The van der Waals surface area contributed by atoms with Crippen molar-refractivity contribution in [2.45, 2.75) is 325 Å². The molecule has 0 fully saturated rings. The van der Waals surface area contributed by atoms with Gasteiger partial charge in [-0.05, 0) is 307 Å². The van der Waals surface area contributed by atoms with E-state index in [1.54, 1.807) is 11.1 Å². The van der Waals surface area contributed by atoms with Crippen LogP contribution in [0.25, 0.3) is 100 Å². The van der Waals surface area contributed by atoms with Gasteiger partial charge in [0.15, 0.2) is 0 Å². The normalized spacial score (nSPS) is 13.9. The van der Waals surface area contributed by atoms with Crippen molar-refractivity contribution < 1.29 is 18.9 Å². The molecule has 122 heavy (non-hydrogen) atoms. The average Bonchev–Trinajstić information content (AvgIpc) is 1.56. The van der Waals surface area contributed by atoms with Gasteiger partial charge in [-0.15, -0.1) is 0 Å². The molecule has 2 aliphatic rings. The van der Waals surface area contributed by atoms with E-state index in [2.05, 4.69) is 289 Å². The SMILES string of the molecule is CCCCCCC1(CCCCCC)c2cc(-c3cc(-c4ccc(OCC(CC)CCCC)cc4)cc(-c4ccc(OCC(CC)CCCC)cc4)c3)ccc2-c2ccc(-c3ccc4c(c3)C(CCCCCC)(CCCCCC)c3cc(-c5cc(-c6ccc(OCC(CC)CCCC)cc6)cc(-c6ccc(OCC(CC)CCCC)cc6)c5)ccc3-4)cc21. The van der Waals surface area contributed by atoms with Gasteiger partial charge in [-0.3, -0.25) is 0 Å². The van der Waals surface area contributed by atoms with Crippen LogP contribution in [0.2, 0.25) is 0 Å². The van der Waals surface area contributed by atoms with Crippen LogP contribution in [0.4, 0.5) is 0 Å². The van der Waals surface area contributed by atoms with Crippen LogP contribution in [-0.2, 0) is 10.8 Å². The lowest BCUT2D eigenvalue weighted by molar-refractivity contribution is 0.233. The Bertz CT molecular complexity index is 4290. The number of hydrogen-bond acceptors (Lipinski definition) is 4. The van der Waals surface area contributed by atoms with Gasteiger partial charge in [0.1, 0.15) is 23.0 Å². The fraction of sp³-hybridized carbons (Fsp3) is 0.492. The van der Waals surface area contributed by atoms with E-state index in [0.717, 1.165) is 101 Å². The molecule has 12 rings (SSSR count). The quantitative estimate of drug-likeness (QED) is 0.0356. The Hall–Kier alpha value is -8.60. The van der Waals surface area contributed by atoms with Crippen LogP contribution in [0, 0.1) is 23.7 Å². The van der Waals surface area contributed by atoms with E-state index in [0.29, 0.717) is 23.7 Å². The lowest BCUT2D eigenvalue weighted by Crippen LogP contribution is -2.26. The molecule has 2 aliphatic carbocycles. The molecular weight excluding hydrogens is 1480 g/mol. The topological polar surface area (TPSA) is 36.9 Å². The van der Waals surface area contributed by atoms with E-state index in [-0.39, 0.29) is 10.8 Å². The zero-order chi connectivity index (χ0) is 85.5. The van der Waals surface area contributed by atoms with Gasteiger partial charge in [0.25, 0.3) is 0 Å². The van der Waals surface area contributed by atoms with Crippen molar-refractivity contribution in [1.82, 2.24) is 0 Å². The van der Waals surface area contributed by atoms with Crippen LogP contribution in [-0.4, -0.2) is 26.4 Å². The minimum atomic E-state index is -0.151. The van der Waals surface area contributed by atoms with E-state index in [4.69, 9.17) is 18.9 Å². The molecular formula is C118H154O4. The molecule has 0 heterocycles. The molecule has 0 aromatic heterocycles. The molecule has 4 heteroatoms. The van der Waals surface area contributed by atoms with Gasteiger partial charge < -0.3 is 18.9 Å². The molecule has 10 aromatic rings. The largest absolute Gasteiger partial charge is 0.493 e. The Morgan fingerprint density at radius 1 is 0.189 bits per heavy atom. The van der Waals surface area contributed by atoms with Gasteiger partial charge in [-0.1, -0.05) is 360 Å². The lowest BCUT2D eigenvalue weighted by atomic mass is 9.69. The highest BCUT2D eigenvalue weighted by atomic mass is 16.5.